The summed E-state index contributed by atoms with van der Waals surface area (Å²) in [6, 6.07) is 5.93. The van der Waals surface area contributed by atoms with Crippen LogP contribution in [0, 0.1) is 13.8 Å². The highest BCUT2D eigenvalue weighted by atomic mass is 32.1. The molecule has 0 bridgehead atoms. The van der Waals surface area contributed by atoms with E-state index in [-0.39, 0.29) is 17.9 Å². The second-order valence-electron chi connectivity index (χ2n) is 8.77. The number of rotatable bonds is 5. The molecule has 5 rings (SSSR count). The van der Waals surface area contributed by atoms with Gasteiger partial charge in [0, 0.05) is 29.0 Å². The number of anilines is 1. The van der Waals surface area contributed by atoms with Crippen molar-refractivity contribution in [3.8, 4) is 0 Å². The quantitative estimate of drug-likeness (QED) is 0.561. The lowest BCUT2D eigenvalue weighted by Crippen LogP contribution is -2.32. The smallest absolute Gasteiger partial charge is 0.292 e. The zero-order valence-electron chi connectivity index (χ0n) is 18.5. The number of furan rings is 1. The lowest BCUT2D eigenvalue weighted by Gasteiger charge is -2.15. The standard InChI is InChI=1S/C25H28N2O4S/c1-14-9-10-17-15(2)22(31-19(17)12-14)24(29)27-25-21(18-7-3-4-8-20(18)32-25)23(28)26-13-16-6-5-11-30-16/h9-10,12,16H,3-8,11,13H2,1-2H3,(H,26,28)(H,27,29). The minimum absolute atomic E-state index is 0.0770. The van der Waals surface area contributed by atoms with E-state index in [2.05, 4.69) is 10.6 Å². The molecule has 1 fully saturated rings. The van der Waals surface area contributed by atoms with Gasteiger partial charge in [0.15, 0.2) is 5.76 Å². The first-order valence-electron chi connectivity index (χ1n) is 11.4. The number of carbonyl (C=O) groups is 2. The van der Waals surface area contributed by atoms with E-state index in [1.165, 1.54) is 16.2 Å². The summed E-state index contributed by atoms with van der Waals surface area (Å²) in [5, 5.41) is 7.59. The van der Waals surface area contributed by atoms with Gasteiger partial charge in [-0.05, 0) is 69.6 Å². The van der Waals surface area contributed by atoms with Gasteiger partial charge in [-0.3, -0.25) is 9.59 Å². The molecule has 1 aliphatic heterocycles. The van der Waals surface area contributed by atoms with E-state index in [1.807, 2.05) is 32.0 Å². The second-order valence-corrected chi connectivity index (χ2v) is 9.88. The fraction of sp³-hybridized carbons (Fsp3) is 0.440. The summed E-state index contributed by atoms with van der Waals surface area (Å²) in [6.07, 6.45) is 6.07. The Bertz CT molecular complexity index is 1190. The molecule has 0 spiro atoms. The highest BCUT2D eigenvalue weighted by Crippen LogP contribution is 2.39. The fourth-order valence-corrected chi connectivity index (χ4v) is 5.99. The maximum absolute atomic E-state index is 13.2. The van der Waals surface area contributed by atoms with Gasteiger partial charge in [-0.1, -0.05) is 12.1 Å². The molecular weight excluding hydrogens is 424 g/mol. The van der Waals surface area contributed by atoms with E-state index in [1.54, 1.807) is 0 Å². The highest BCUT2D eigenvalue weighted by Gasteiger charge is 2.28. The Hall–Kier alpha value is -2.64. The molecule has 1 atom stereocenters. The molecule has 0 saturated carbocycles. The fourth-order valence-electron chi connectivity index (χ4n) is 4.70. The van der Waals surface area contributed by atoms with Crippen LogP contribution in [0.2, 0.25) is 0 Å². The summed E-state index contributed by atoms with van der Waals surface area (Å²) < 4.78 is 11.5. The lowest BCUT2D eigenvalue weighted by molar-refractivity contribution is 0.0858. The van der Waals surface area contributed by atoms with Crippen LogP contribution in [-0.4, -0.2) is 31.1 Å². The zero-order chi connectivity index (χ0) is 22.2. The number of amides is 2. The van der Waals surface area contributed by atoms with Gasteiger partial charge in [0.25, 0.3) is 11.8 Å². The Morgan fingerprint density at radius 2 is 1.97 bits per heavy atom. The molecule has 7 heteroatoms. The molecule has 2 aliphatic rings. The average molecular weight is 453 g/mol. The van der Waals surface area contributed by atoms with Crippen molar-refractivity contribution in [3.63, 3.8) is 0 Å². The maximum Gasteiger partial charge on any atom is 0.292 e. The van der Waals surface area contributed by atoms with Crippen molar-refractivity contribution in [3.05, 3.63) is 51.1 Å². The normalized spacial score (nSPS) is 18.0. The summed E-state index contributed by atoms with van der Waals surface area (Å²) in [6.45, 7) is 5.14. The summed E-state index contributed by atoms with van der Waals surface area (Å²) in [5.41, 5.74) is 4.28. The molecule has 168 valence electrons. The number of carbonyl (C=O) groups excluding carboxylic acids is 2. The molecular formula is C25H28N2O4S. The van der Waals surface area contributed by atoms with Crippen molar-refractivity contribution in [1.82, 2.24) is 5.32 Å². The van der Waals surface area contributed by atoms with Crippen LogP contribution >= 0.6 is 11.3 Å². The van der Waals surface area contributed by atoms with Gasteiger partial charge in [0.2, 0.25) is 0 Å². The predicted octanol–water partition coefficient (Wildman–Crippen LogP) is 5.15. The number of thiophene rings is 1. The van der Waals surface area contributed by atoms with Crippen molar-refractivity contribution >= 4 is 39.1 Å². The monoisotopic (exact) mass is 452 g/mol. The molecule has 6 nitrogen and oxygen atoms in total. The van der Waals surface area contributed by atoms with Gasteiger partial charge in [-0.15, -0.1) is 11.3 Å². The number of nitrogens with one attached hydrogen (secondary N) is 2. The third-order valence-corrected chi connectivity index (χ3v) is 7.65. The first-order chi connectivity index (χ1) is 15.5. The number of ether oxygens (including phenoxy) is 1. The lowest BCUT2D eigenvalue weighted by atomic mass is 9.95. The molecule has 1 aliphatic carbocycles. The third-order valence-electron chi connectivity index (χ3n) is 6.44. The van der Waals surface area contributed by atoms with Gasteiger partial charge < -0.3 is 19.8 Å². The number of fused-ring (bicyclic) bond motifs is 2. The SMILES string of the molecule is Cc1ccc2c(C)c(C(=O)Nc3sc4c(c3C(=O)NCC3CCCO3)CCCC4)oc2c1. The maximum atomic E-state index is 13.2. The largest absolute Gasteiger partial charge is 0.451 e. The van der Waals surface area contributed by atoms with Crippen molar-refractivity contribution in [2.45, 2.75) is 58.5 Å². The zero-order valence-corrected chi connectivity index (χ0v) is 19.3. The average Bonchev–Trinajstić information content (AvgIpc) is 3.49. The Balaban J connectivity index is 1.42. The van der Waals surface area contributed by atoms with Crippen LogP contribution in [0.4, 0.5) is 5.00 Å². The van der Waals surface area contributed by atoms with Crippen molar-refractivity contribution in [2.24, 2.45) is 0 Å². The molecule has 1 aromatic carbocycles. The Labute approximate surface area is 191 Å². The van der Waals surface area contributed by atoms with Gasteiger partial charge in [-0.2, -0.15) is 0 Å². The van der Waals surface area contributed by atoms with Crippen molar-refractivity contribution in [2.75, 3.05) is 18.5 Å². The van der Waals surface area contributed by atoms with Gasteiger partial charge in [0.05, 0.1) is 11.7 Å². The molecule has 2 aromatic heterocycles. The number of hydrogen-bond donors (Lipinski definition) is 2. The second kappa shape index (κ2) is 8.71. The van der Waals surface area contributed by atoms with Crippen LogP contribution in [0.5, 0.6) is 0 Å². The van der Waals surface area contributed by atoms with E-state index in [0.29, 0.717) is 28.5 Å². The van der Waals surface area contributed by atoms with Crippen LogP contribution in [0.15, 0.2) is 22.6 Å². The molecule has 2 amide bonds. The van der Waals surface area contributed by atoms with E-state index < -0.39 is 0 Å². The van der Waals surface area contributed by atoms with Gasteiger partial charge in [-0.25, -0.2) is 0 Å². The van der Waals surface area contributed by atoms with Crippen LogP contribution < -0.4 is 10.6 Å². The van der Waals surface area contributed by atoms with E-state index >= 15 is 0 Å². The molecule has 1 saturated heterocycles. The first kappa shape index (κ1) is 21.2. The third kappa shape index (κ3) is 3.95. The number of aryl methyl sites for hydroxylation is 3. The topological polar surface area (TPSA) is 80.6 Å². The Morgan fingerprint density at radius 1 is 1.12 bits per heavy atom. The van der Waals surface area contributed by atoms with E-state index in [9.17, 15) is 9.59 Å². The summed E-state index contributed by atoms with van der Waals surface area (Å²) in [4.78, 5) is 27.6. The van der Waals surface area contributed by atoms with Crippen LogP contribution in [-0.2, 0) is 17.6 Å². The molecule has 1 unspecified atom stereocenters. The van der Waals surface area contributed by atoms with Crippen LogP contribution in [0.1, 0.15) is 68.2 Å². The minimum atomic E-state index is -0.317. The Morgan fingerprint density at radius 3 is 2.78 bits per heavy atom. The summed E-state index contributed by atoms with van der Waals surface area (Å²) >= 11 is 1.52. The van der Waals surface area contributed by atoms with Crippen molar-refractivity contribution in [1.29, 1.82) is 0 Å². The molecule has 0 radical (unpaired) electrons. The minimum Gasteiger partial charge on any atom is -0.451 e. The molecule has 3 aromatic rings. The number of hydrogen-bond acceptors (Lipinski definition) is 5. The van der Waals surface area contributed by atoms with Gasteiger partial charge >= 0.3 is 0 Å². The highest BCUT2D eigenvalue weighted by molar-refractivity contribution is 7.17. The van der Waals surface area contributed by atoms with Crippen LogP contribution in [0.25, 0.3) is 11.0 Å². The molecule has 2 N–H and O–H groups in total. The molecule has 3 heterocycles. The Kier molecular flexibility index (Phi) is 5.78. The number of benzene rings is 1. The van der Waals surface area contributed by atoms with Gasteiger partial charge in [0.1, 0.15) is 10.6 Å². The first-order valence-corrected chi connectivity index (χ1v) is 12.2. The van der Waals surface area contributed by atoms with E-state index in [4.69, 9.17) is 9.15 Å². The van der Waals surface area contributed by atoms with Crippen LogP contribution in [0.3, 0.4) is 0 Å². The molecule has 32 heavy (non-hydrogen) atoms. The summed E-state index contributed by atoms with van der Waals surface area (Å²) in [5.74, 6) is -0.155. The summed E-state index contributed by atoms with van der Waals surface area (Å²) in [7, 11) is 0. The predicted molar refractivity (Wildman–Crippen MR) is 126 cm³/mol. The van der Waals surface area contributed by atoms with Crippen molar-refractivity contribution < 1.29 is 18.7 Å². The van der Waals surface area contributed by atoms with E-state index in [0.717, 1.165) is 67.2 Å².